The number of hydrogen-bond donors (Lipinski definition) is 4. The molecule has 5 atom stereocenters. The van der Waals surface area contributed by atoms with Crippen LogP contribution in [0.3, 0.4) is 0 Å². The zero-order chi connectivity index (χ0) is 61.3. The fourth-order valence-corrected chi connectivity index (χ4v) is 10.9. The number of Topliss-reactive ketones (excluding diaryl/α,β-unsaturated/α-hetero) is 2. The number of primary amides is 1. The molecule has 0 radical (unpaired) electrons. The Kier molecular flexibility index (Phi) is 24.2. The van der Waals surface area contributed by atoms with E-state index in [2.05, 4.69) is 16.0 Å². The van der Waals surface area contributed by atoms with Gasteiger partial charge in [0, 0.05) is 93.4 Å². The summed E-state index contributed by atoms with van der Waals surface area (Å²) in [7, 11) is 0. The monoisotopic (exact) mass is 1190 g/mol. The minimum absolute atomic E-state index is 0.00812. The second-order valence-electron chi connectivity index (χ2n) is 22.8. The number of likely N-dealkylation sites (tertiary alicyclic amines) is 1. The van der Waals surface area contributed by atoms with E-state index in [4.69, 9.17) is 15.5 Å². The number of benzene rings is 3. The molecule has 1 fully saturated rings. The number of alkyl halides is 1. The van der Waals surface area contributed by atoms with Crippen molar-refractivity contribution in [3.05, 3.63) is 119 Å². The Morgan fingerprint density at radius 2 is 1.60 bits per heavy atom. The standard InChI is InChI=1S/C61H77F4N9O9S/c1-38(2)55(70-52(77)15-8-7-9-26-74-53(78)22-23-54(74)79)51(76)29-41(13-11-25-67-59(66)81)58(80)68-45-19-16-39(17-20-45)37-83-60(82)73-33-42(49(65)35-73)32-71(34-46(75)24-27-84-6)56(61(3,4)5)57-69-50(47-30-44(63)18-21-48(47)64)36-72(57)31-40-12-10-14-43(62)28-40/h10,12,14,16-23,28,30,36,38,41-42,49,55-56H,7-9,11,13,15,24-27,29,31-35,37H2,1-6H3,(H,68,80)(H,70,77)(H3,66,67,81)/t41-,42-,49+,55+,56+/m1/s1. The predicted octanol–water partition coefficient (Wildman–Crippen LogP) is 8.92. The van der Waals surface area contributed by atoms with Gasteiger partial charge in [-0.1, -0.05) is 65.3 Å². The number of ketones is 2. The number of thioether (sulfide) groups is 1. The van der Waals surface area contributed by atoms with Crippen molar-refractivity contribution >= 4 is 64.8 Å². The molecule has 0 unspecified atom stereocenters. The minimum Gasteiger partial charge on any atom is -0.445 e. The molecule has 4 aromatic rings. The normalized spacial score (nSPS) is 16.3. The molecule has 1 aromatic heterocycles. The number of unbranched alkanes of at least 4 members (excludes halogenated alkanes) is 2. The van der Waals surface area contributed by atoms with Gasteiger partial charge in [0.05, 0.1) is 30.9 Å². The van der Waals surface area contributed by atoms with Gasteiger partial charge in [-0.05, 0) is 103 Å². The molecule has 454 valence electrons. The molecule has 0 saturated carbocycles. The molecule has 7 amide bonds. The summed E-state index contributed by atoms with van der Waals surface area (Å²) >= 11 is 1.50. The lowest BCUT2D eigenvalue weighted by Crippen LogP contribution is -2.45. The lowest BCUT2D eigenvalue weighted by atomic mass is 9.84. The van der Waals surface area contributed by atoms with Gasteiger partial charge in [-0.15, -0.1) is 0 Å². The van der Waals surface area contributed by atoms with Gasteiger partial charge in [-0.2, -0.15) is 11.8 Å². The lowest BCUT2D eigenvalue weighted by molar-refractivity contribution is -0.137. The number of rotatable bonds is 31. The van der Waals surface area contributed by atoms with Crippen LogP contribution in [-0.4, -0.2) is 135 Å². The van der Waals surface area contributed by atoms with Gasteiger partial charge in [0.25, 0.3) is 11.8 Å². The second kappa shape index (κ2) is 30.9. The highest BCUT2D eigenvalue weighted by atomic mass is 32.2. The van der Waals surface area contributed by atoms with E-state index in [0.717, 1.165) is 23.1 Å². The Hall–Kier alpha value is -7.40. The van der Waals surface area contributed by atoms with Gasteiger partial charge < -0.3 is 35.9 Å². The zero-order valence-electron chi connectivity index (χ0n) is 48.5. The zero-order valence-corrected chi connectivity index (χ0v) is 49.3. The van der Waals surface area contributed by atoms with E-state index in [1.165, 1.54) is 40.9 Å². The van der Waals surface area contributed by atoms with Gasteiger partial charge in [0.15, 0.2) is 5.78 Å². The van der Waals surface area contributed by atoms with Crippen LogP contribution in [0.4, 0.5) is 32.8 Å². The van der Waals surface area contributed by atoms with Gasteiger partial charge in [-0.3, -0.25) is 38.6 Å². The fraction of sp³-hybridized carbons (Fsp3) is 0.492. The van der Waals surface area contributed by atoms with Crippen molar-refractivity contribution in [2.75, 3.05) is 56.6 Å². The highest BCUT2D eigenvalue weighted by Gasteiger charge is 2.43. The molecule has 0 bridgehead atoms. The Bertz CT molecular complexity index is 2990. The fourth-order valence-electron chi connectivity index (χ4n) is 10.4. The van der Waals surface area contributed by atoms with Gasteiger partial charge in [-0.25, -0.2) is 32.1 Å². The Morgan fingerprint density at radius 1 is 0.881 bits per heavy atom. The third-order valence-electron chi connectivity index (χ3n) is 14.7. The second-order valence-corrected chi connectivity index (χ2v) is 23.8. The SMILES string of the molecule is CSCCC(=O)CN(C[C@@H]1CN(C(=O)OCc2ccc(NC(=O)[C@H](CCCNC(N)=O)CC(=O)[C@@H](NC(=O)CCCCCN3C(=O)C=CC3=O)C(C)C)cc2)C[C@@H]1F)[C@@H](c1nc(-c2cc(F)ccc2F)cn1Cc1cccc(F)c1)C(C)(C)C. The van der Waals surface area contributed by atoms with E-state index in [1.807, 2.05) is 31.9 Å². The van der Waals surface area contributed by atoms with E-state index in [-0.39, 0.29) is 125 Å². The van der Waals surface area contributed by atoms with Crippen LogP contribution in [0.15, 0.2) is 85.1 Å². The first-order valence-electron chi connectivity index (χ1n) is 28.3. The highest BCUT2D eigenvalue weighted by Crippen LogP contribution is 2.41. The number of ether oxygens (including phenoxy) is 1. The first kappa shape index (κ1) is 65.7. The number of carbonyl (C=O) groups excluding carboxylic acids is 8. The maximum absolute atomic E-state index is 16.4. The number of imide groups is 1. The van der Waals surface area contributed by atoms with Crippen LogP contribution in [-0.2, 0) is 46.7 Å². The average Bonchev–Trinajstić information content (AvgIpc) is 2.76. The summed E-state index contributed by atoms with van der Waals surface area (Å²) in [4.78, 5) is 112. The summed E-state index contributed by atoms with van der Waals surface area (Å²) < 4.78 is 68.3. The number of imidazole rings is 1. The predicted molar refractivity (Wildman–Crippen MR) is 311 cm³/mol. The summed E-state index contributed by atoms with van der Waals surface area (Å²) in [5.41, 5.74) is 5.98. The molecular formula is C61H77F4N9O9S. The summed E-state index contributed by atoms with van der Waals surface area (Å²) in [6.07, 6.45) is 5.72. The van der Waals surface area contributed by atoms with Crippen molar-refractivity contribution in [3.63, 3.8) is 0 Å². The first-order chi connectivity index (χ1) is 39.9. The summed E-state index contributed by atoms with van der Waals surface area (Å²) in [6, 6.07) is 13.0. The number of nitrogens with zero attached hydrogens (tertiary/aromatic N) is 5. The molecule has 0 spiro atoms. The van der Waals surface area contributed by atoms with E-state index >= 15 is 8.78 Å². The van der Waals surface area contributed by atoms with Crippen LogP contribution >= 0.6 is 11.8 Å². The van der Waals surface area contributed by atoms with E-state index < -0.39 is 71.0 Å². The molecule has 1 saturated heterocycles. The van der Waals surface area contributed by atoms with E-state index in [1.54, 1.807) is 61.0 Å². The van der Waals surface area contributed by atoms with E-state index in [9.17, 15) is 47.1 Å². The van der Waals surface area contributed by atoms with Crippen LogP contribution in [0, 0.1) is 40.6 Å². The highest BCUT2D eigenvalue weighted by molar-refractivity contribution is 7.98. The number of nitrogens with one attached hydrogen (secondary N) is 3. The molecule has 2 aliphatic rings. The molecular weight excluding hydrogens is 1110 g/mol. The van der Waals surface area contributed by atoms with Crippen LogP contribution < -0.4 is 21.7 Å². The number of hydrogen-bond acceptors (Lipinski definition) is 12. The quantitative estimate of drug-likeness (QED) is 0.0210. The van der Waals surface area contributed by atoms with Crippen LogP contribution in [0.2, 0.25) is 0 Å². The third-order valence-corrected chi connectivity index (χ3v) is 15.3. The average molecular weight is 1190 g/mol. The van der Waals surface area contributed by atoms with Crippen LogP contribution in [0.1, 0.15) is 109 Å². The molecule has 6 rings (SSSR count). The Morgan fingerprint density at radius 3 is 2.26 bits per heavy atom. The van der Waals surface area contributed by atoms with Crippen molar-refractivity contribution in [1.29, 1.82) is 0 Å². The van der Waals surface area contributed by atoms with Crippen molar-refractivity contribution < 1.29 is 60.7 Å². The lowest BCUT2D eigenvalue weighted by Gasteiger charge is -2.41. The molecule has 5 N–H and O–H groups in total. The molecule has 84 heavy (non-hydrogen) atoms. The summed E-state index contributed by atoms with van der Waals surface area (Å²) in [5, 5.41) is 8.14. The first-order valence-corrected chi connectivity index (χ1v) is 29.7. The number of urea groups is 1. The van der Waals surface area contributed by atoms with Crippen molar-refractivity contribution in [2.24, 2.45) is 28.9 Å². The number of carbonyl (C=O) groups is 8. The summed E-state index contributed by atoms with van der Waals surface area (Å²) in [6.45, 7) is 9.12. The molecule has 3 heterocycles. The molecule has 18 nitrogen and oxygen atoms in total. The van der Waals surface area contributed by atoms with Crippen LogP contribution in [0.5, 0.6) is 0 Å². The largest absolute Gasteiger partial charge is 0.445 e. The minimum atomic E-state index is -1.53. The summed E-state index contributed by atoms with van der Waals surface area (Å²) in [5.74, 6) is -5.02. The maximum Gasteiger partial charge on any atom is 0.410 e. The van der Waals surface area contributed by atoms with Gasteiger partial charge >= 0.3 is 12.1 Å². The van der Waals surface area contributed by atoms with Crippen molar-refractivity contribution in [3.8, 4) is 11.3 Å². The molecule has 2 aliphatic heterocycles. The number of amides is 7. The van der Waals surface area contributed by atoms with Crippen LogP contribution in [0.25, 0.3) is 11.3 Å². The van der Waals surface area contributed by atoms with Gasteiger partial charge in [0.2, 0.25) is 11.8 Å². The number of anilines is 1. The Balaban J connectivity index is 1.09. The number of nitrogens with two attached hydrogens (primary N) is 1. The van der Waals surface area contributed by atoms with E-state index in [0.29, 0.717) is 54.1 Å². The topological polar surface area (TPSA) is 235 Å². The molecule has 23 heteroatoms. The van der Waals surface area contributed by atoms with Crippen molar-refractivity contribution in [2.45, 2.75) is 117 Å². The van der Waals surface area contributed by atoms with Gasteiger partial charge in [0.1, 0.15) is 41.8 Å². The maximum atomic E-state index is 16.4. The smallest absolute Gasteiger partial charge is 0.410 e. The van der Waals surface area contributed by atoms with Crippen molar-refractivity contribution in [1.82, 2.24) is 34.9 Å². The molecule has 3 aromatic carbocycles. The molecule has 0 aliphatic carbocycles. The number of aromatic nitrogens is 2. The Labute approximate surface area is 492 Å². The third kappa shape index (κ3) is 19.3. The number of halogens is 4.